The molecule has 4 nitrogen and oxygen atoms in total. The summed E-state index contributed by atoms with van der Waals surface area (Å²) in [6.07, 6.45) is 0. The van der Waals surface area contributed by atoms with Gasteiger partial charge in [0, 0.05) is 12.6 Å². The van der Waals surface area contributed by atoms with Crippen molar-refractivity contribution in [1.29, 1.82) is 0 Å². The molecule has 0 heterocycles. The van der Waals surface area contributed by atoms with Crippen molar-refractivity contribution in [2.24, 2.45) is 4.99 Å². The summed E-state index contributed by atoms with van der Waals surface area (Å²) < 4.78 is 5.75. The van der Waals surface area contributed by atoms with Crippen molar-refractivity contribution in [2.75, 3.05) is 20.2 Å². The minimum Gasteiger partial charge on any atom is -0.492 e. The van der Waals surface area contributed by atoms with Gasteiger partial charge in [-0.25, -0.2) is 0 Å². The summed E-state index contributed by atoms with van der Waals surface area (Å²) in [5.74, 6) is 1.71. The lowest BCUT2D eigenvalue weighted by atomic mass is 10.1. The van der Waals surface area contributed by atoms with Crippen LogP contribution in [0.2, 0.25) is 0 Å². The van der Waals surface area contributed by atoms with Gasteiger partial charge in [0.15, 0.2) is 5.96 Å². The van der Waals surface area contributed by atoms with Crippen LogP contribution in [0.15, 0.2) is 23.2 Å². The molecule has 0 saturated heterocycles. The van der Waals surface area contributed by atoms with E-state index in [9.17, 15) is 0 Å². The number of hydrogen-bond acceptors (Lipinski definition) is 2. The number of nitrogens with zero attached hydrogens (tertiary/aromatic N) is 1. The third-order valence-corrected chi connectivity index (χ3v) is 2.58. The molecule has 0 fully saturated rings. The number of hydrogen-bond donors (Lipinski definition) is 2. The minimum atomic E-state index is -0.00362. The molecule has 1 rings (SSSR count). The number of nitrogens with one attached hydrogen (secondary N) is 2. The van der Waals surface area contributed by atoms with Crippen molar-refractivity contribution in [3.8, 4) is 5.75 Å². The van der Waals surface area contributed by atoms with Crippen LogP contribution in [0.1, 0.15) is 31.9 Å². The maximum atomic E-state index is 5.75. The molecule has 0 saturated carbocycles. The molecule has 0 amide bonds. The predicted molar refractivity (Wildman–Crippen MR) is 85.7 cm³/mol. The van der Waals surface area contributed by atoms with Crippen LogP contribution in [-0.2, 0) is 0 Å². The summed E-state index contributed by atoms with van der Waals surface area (Å²) in [6, 6.07) is 6.24. The third-order valence-electron chi connectivity index (χ3n) is 2.58. The molecule has 0 aliphatic rings. The molecule has 1 aromatic rings. The first-order valence-electron chi connectivity index (χ1n) is 7.00. The van der Waals surface area contributed by atoms with Gasteiger partial charge in [-0.3, -0.25) is 4.99 Å². The molecular formula is C16H27N3O. The fourth-order valence-corrected chi connectivity index (χ4v) is 1.89. The Balaban J connectivity index is 2.37. The van der Waals surface area contributed by atoms with Crippen molar-refractivity contribution in [3.05, 3.63) is 29.3 Å². The van der Waals surface area contributed by atoms with Gasteiger partial charge in [-0.15, -0.1) is 0 Å². The van der Waals surface area contributed by atoms with Gasteiger partial charge in [0.05, 0.1) is 6.54 Å². The fraction of sp³-hybridized carbons (Fsp3) is 0.562. The van der Waals surface area contributed by atoms with Gasteiger partial charge in [-0.1, -0.05) is 6.07 Å². The molecule has 0 aliphatic heterocycles. The lowest BCUT2D eigenvalue weighted by molar-refractivity contribution is 0.321. The normalized spacial score (nSPS) is 12.2. The number of benzene rings is 1. The van der Waals surface area contributed by atoms with E-state index >= 15 is 0 Å². The molecule has 0 aliphatic carbocycles. The van der Waals surface area contributed by atoms with Crippen LogP contribution < -0.4 is 15.4 Å². The van der Waals surface area contributed by atoms with Gasteiger partial charge in [-0.2, -0.15) is 0 Å². The van der Waals surface area contributed by atoms with Crippen LogP contribution in [0.5, 0.6) is 5.75 Å². The van der Waals surface area contributed by atoms with Crippen molar-refractivity contribution < 1.29 is 4.74 Å². The Morgan fingerprint density at radius 1 is 1.15 bits per heavy atom. The Morgan fingerprint density at radius 2 is 1.75 bits per heavy atom. The van der Waals surface area contributed by atoms with E-state index in [2.05, 4.69) is 68.4 Å². The fourth-order valence-electron chi connectivity index (χ4n) is 1.89. The van der Waals surface area contributed by atoms with Gasteiger partial charge in [0.25, 0.3) is 0 Å². The summed E-state index contributed by atoms with van der Waals surface area (Å²) >= 11 is 0. The maximum Gasteiger partial charge on any atom is 0.191 e. The van der Waals surface area contributed by atoms with E-state index in [4.69, 9.17) is 4.74 Å². The van der Waals surface area contributed by atoms with E-state index < -0.39 is 0 Å². The summed E-state index contributed by atoms with van der Waals surface area (Å²) in [4.78, 5) is 4.19. The topological polar surface area (TPSA) is 45.7 Å². The van der Waals surface area contributed by atoms with E-state index in [0.717, 1.165) is 11.7 Å². The van der Waals surface area contributed by atoms with Gasteiger partial charge in [0.1, 0.15) is 12.4 Å². The van der Waals surface area contributed by atoms with Crippen LogP contribution in [-0.4, -0.2) is 31.7 Å². The van der Waals surface area contributed by atoms with Crippen molar-refractivity contribution in [2.45, 2.75) is 40.2 Å². The van der Waals surface area contributed by atoms with E-state index in [1.54, 1.807) is 7.05 Å². The zero-order valence-electron chi connectivity index (χ0n) is 13.5. The summed E-state index contributed by atoms with van der Waals surface area (Å²) in [7, 11) is 1.77. The summed E-state index contributed by atoms with van der Waals surface area (Å²) in [5.41, 5.74) is 2.44. The number of ether oxygens (including phenoxy) is 1. The van der Waals surface area contributed by atoms with E-state index in [1.807, 2.05) is 0 Å². The molecule has 0 radical (unpaired) electrons. The van der Waals surface area contributed by atoms with Gasteiger partial charge in [0.2, 0.25) is 0 Å². The first-order chi connectivity index (χ1) is 9.30. The molecule has 20 heavy (non-hydrogen) atoms. The SMILES string of the molecule is CN=C(NCCOc1cc(C)cc(C)c1)NC(C)(C)C. The van der Waals surface area contributed by atoms with Crippen LogP contribution >= 0.6 is 0 Å². The molecule has 0 atom stereocenters. The third kappa shape index (κ3) is 6.45. The number of guanidine groups is 1. The minimum absolute atomic E-state index is 0.00362. The standard InChI is InChI=1S/C16H27N3O/c1-12-9-13(2)11-14(10-12)20-8-7-18-15(17-6)19-16(3,4)5/h9-11H,7-8H2,1-6H3,(H2,17,18,19). The monoisotopic (exact) mass is 277 g/mol. The van der Waals surface area contributed by atoms with Gasteiger partial charge >= 0.3 is 0 Å². The lowest BCUT2D eigenvalue weighted by Crippen LogP contribution is -2.48. The molecule has 0 unspecified atom stereocenters. The molecule has 112 valence electrons. The molecule has 4 heteroatoms. The highest BCUT2D eigenvalue weighted by Crippen LogP contribution is 2.15. The second-order valence-electron chi connectivity index (χ2n) is 6.05. The zero-order valence-corrected chi connectivity index (χ0v) is 13.5. The average molecular weight is 277 g/mol. The van der Waals surface area contributed by atoms with Gasteiger partial charge in [-0.05, 0) is 57.9 Å². The van der Waals surface area contributed by atoms with E-state index in [-0.39, 0.29) is 5.54 Å². The molecule has 0 aromatic heterocycles. The Bertz CT molecular complexity index is 441. The Kier molecular flexibility index (Phi) is 5.86. The summed E-state index contributed by atoms with van der Waals surface area (Å²) in [5, 5.41) is 6.55. The Labute approximate surface area is 122 Å². The quantitative estimate of drug-likeness (QED) is 0.505. The van der Waals surface area contributed by atoms with Crippen LogP contribution in [0.3, 0.4) is 0 Å². The predicted octanol–water partition coefficient (Wildman–Crippen LogP) is 2.65. The average Bonchev–Trinajstić information content (AvgIpc) is 2.30. The smallest absolute Gasteiger partial charge is 0.191 e. The number of aliphatic imine (C=N–C) groups is 1. The first-order valence-corrected chi connectivity index (χ1v) is 7.00. The van der Waals surface area contributed by atoms with Gasteiger partial charge < -0.3 is 15.4 Å². The molecular weight excluding hydrogens is 250 g/mol. The van der Waals surface area contributed by atoms with Crippen LogP contribution in [0, 0.1) is 13.8 Å². The highest BCUT2D eigenvalue weighted by Gasteiger charge is 2.11. The van der Waals surface area contributed by atoms with Crippen LogP contribution in [0.4, 0.5) is 0 Å². The van der Waals surface area contributed by atoms with E-state index in [1.165, 1.54) is 11.1 Å². The largest absolute Gasteiger partial charge is 0.492 e. The second-order valence-corrected chi connectivity index (χ2v) is 6.05. The zero-order chi connectivity index (χ0) is 15.2. The van der Waals surface area contributed by atoms with Crippen molar-refractivity contribution in [3.63, 3.8) is 0 Å². The number of aryl methyl sites for hydroxylation is 2. The first kappa shape index (κ1) is 16.3. The van der Waals surface area contributed by atoms with E-state index in [0.29, 0.717) is 13.2 Å². The molecule has 1 aromatic carbocycles. The highest BCUT2D eigenvalue weighted by molar-refractivity contribution is 5.80. The number of rotatable bonds is 4. The maximum absolute atomic E-state index is 5.75. The molecule has 0 bridgehead atoms. The summed E-state index contributed by atoms with van der Waals surface area (Å²) in [6.45, 7) is 11.8. The second kappa shape index (κ2) is 7.17. The lowest BCUT2D eigenvalue weighted by Gasteiger charge is -2.23. The van der Waals surface area contributed by atoms with Crippen LogP contribution in [0.25, 0.3) is 0 Å². The van der Waals surface area contributed by atoms with Crippen molar-refractivity contribution in [1.82, 2.24) is 10.6 Å². The highest BCUT2D eigenvalue weighted by atomic mass is 16.5. The molecule has 0 spiro atoms. The Hall–Kier alpha value is -1.71. The molecule has 2 N–H and O–H groups in total. The Morgan fingerprint density at radius 3 is 2.25 bits per heavy atom. The van der Waals surface area contributed by atoms with Crippen molar-refractivity contribution >= 4 is 5.96 Å².